The van der Waals surface area contributed by atoms with Gasteiger partial charge in [0.15, 0.2) is 0 Å². The van der Waals surface area contributed by atoms with Gasteiger partial charge in [0.05, 0.1) is 13.2 Å². The van der Waals surface area contributed by atoms with Crippen LogP contribution in [0.1, 0.15) is 18.0 Å². The van der Waals surface area contributed by atoms with Crippen LogP contribution in [0.15, 0.2) is 29.3 Å². The molecule has 0 radical (unpaired) electrons. The number of halogens is 1. The highest BCUT2D eigenvalue weighted by Crippen LogP contribution is 2.23. The molecule has 2 N–H and O–H groups in total. The van der Waals surface area contributed by atoms with Crippen LogP contribution >= 0.6 is 22.6 Å². The Morgan fingerprint density at radius 2 is 2.22 bits per heavy atom. The molecule has 0 aromatic heterocycles. The predicted molar refractivity (Wildman–Crippen MR) is 77.5 cm³/mol. The van der Waals surface area contributed by atoms with Crippen molar-refractivity contribution in [3.8, 4) is 0 Å². The molecule has 0 spiro atoms. The molecule has 2 rings (SSSR count). The number of ether oxygens (including phenoxy) is 1. The van der Waals surface area contributed by atoms with E-state index >= 15 is 0 Å². The van der Waals surface area contributed by atoms with E-state index < -0.39 is 6.09 Å². The first-order chi connectivity index (χ1) is 8.69. The summed E-state index contributed by atoms with van der Waals surface area (Å²) in [6.45, 7) is 0.777. The van der Waals surface area contributed by atoms with Crippen molar-refractivity contribution in [2.45, 2.75) is 12.5 Å². The third-order valence-electron chi connectivity index (χ3n) is 2.66. The van der Waals surface area contributed by atoms with Gasteiger partial charge < -0.3 is 10.1 Å². The number of hydrogen-bond acceptors (Lipinski definition) is 4. The van der Waals surface area contributed by atoms with Gasteiger partial charge in [-0.3, -0.25) is 5.32 Å². The molecular weight excluding hydrogens is 345 g/mol. The minimum atomic E-state index is -0.510. The van der Waals surface area contributed by atoms with Gasteiger partial charge >= 0.3 is 6.09 Å². The van der Waals surface area contributed by atoms with Crippen molar-refractivity contribution in [2.75, 3.05) is 13.7 Å². The van der Waals surface area contributed by atoms with Crippen LogP contribution in [0.2, 0.25) is 0 Å². The van der Waals surface area contributed by atoms with Crippen LogP contribution < -0.4 is 10.6 Å². The van der Waals surface area contributed by atoms with Crippen LogP contribution in [0, 0.1) is 3.57 Å². The quantitative estimate of drug-likeness (QED) is 0.755. The van der Waals surface area contributed by atoms with Gasteiger partial charge in [0.2, 0.25) is 5.96 Å². The third kappa shape index (κ3) is 3.34. The number of benzene rings is 1. The number of carbonyl (C=O) groups excluding carboxylic acids is 1. The summed E-state index contributed by atoms with van der Waals surface area (Å²) in [5.41, 5.74) is 1.15. The minimum absolute atomic E-state index is 0.0791. The summed E-state index contributed by atoms with van der Waals surface area (Å²) in [6.07, 6.45) is 0.400. The number of aliphatic imine (C=N–C) groups is 1. The van der Waals surface area contributed by atoms with Gasteiger partial charge in [-0.1, -0.05) is 12.1 Å². The average Bonchev–Trinajstić information content (AvgIpc) is 2.40. The van der Waals surface area contributed by atoms with Crippen molar-refractivity contribution in [3.05, 3.63) is 33.4 Å². The van der Waals surface area contributed by atoms with Gasteiger partial charge in [-0.25, -0.2) is 9.79 Å². The molecule has 5 nitrogen and oxygen atoms in total. The van der Waals surface area contributed by atoms with E-state index in [1.54, 1.807) is 0 Å². The van der Waals surface area contributed by atoms with Gasteiger partial charge in [-0.2, -0.15) is 0 Å². The lowest BCUT2D eigenvalue weighted by atomic mass is 10.0. The molecule has 0 saturated carbocycles. The van der Waals surface area contributed by atoms with Crippen LogP contribution in [0.5, 0.6) is 0 Å². The van der Waals surface area contributed by atoms with E-state index in [9.17, 15) is 4.79 Å². The number of guanidine groups is 1. The molecule has 1 amide bonds. The monoisotopic (exact) mass is 359 g/mol. The Morgan fingerprint density at radius 3 is 2.89 bits per heavy atom. The van der Waals surface area contributed by atoms with Gasteiger partial charge in [-0.15, -0.1) is 0 Å². The molecule has 96 valence electrons. The molecule has 1 aliphatic rings. The molecule has 1 heterocycles. The van der Waals surface area contributed by atoms with E-state index in [2.05, 4.69) is 67.2 Å². The molecule has 18 heavy (non-hydrogen) atoms. The zero-order chi connectivity index (χ0) is 13.0. The van der Waals surface area contributed by atoms with E-state index in [-0.39, 0.29) is 6.04 Å². The number of nitrogens with one attached hydrogen (secondary N) is 2. The summed E-state index contributed by atoms with van der Waals surface area (Å²) in [7, 11) is 1.33. The Kier molecular flexibility index (Phi) is 4.40. The van der Waals surface area contributed by atoms with Gasteiger partial charge in [0, 0.05) is 10.1 Å². The molecular formula is C12H14IN3O2. The maximum absolute atomic E-state index is 11.1. The first-order valence-electron chi connectivity index (χ1n) is 5.61. The first kappa shape index (κ1) is 13.1. The minimum Gasteiger partial charge on any atom is -0.453 e. The average molecular weight is 359 g/mol. The molecule has 1 unspecified atom stereocenters. The topological polar surface area (TPSA) is 62.7 Å². The lowest BCUT2D eigenvalue weighted by molar-refractivity contribution is 0.176. The number of hydrogen-bond donors (Lipinski definition) is 2. The van der Waals surface area contributed by atoms with Crippen LogP contribution in [-0.4, -0.2) is 25.7 Å². The van der Waals surface area contributed by atoms with Crippen LogP contribution in [0.4, 0.5) is 4.79 Å². The van der Waals surface area contributed by atoms with Crippen LogP contribution in [0.3, 0.4) is 0 Å². The Labute approximate surface area is 119 Å². The van der Waals surface area contributed by atoms with Gasteiger partial charge in [-0.05, 0) is 46.7 Å². The Bertz CT molecular complexity index is 459. The summed E-state index contributed by atoms with van der Waals surface area (Å²) in [6, 6.07) is 8.32. The molecule has 0 aliphatic carbocycles. The molecule has 1 aromatic carbocycles. The lowest BCUT2D eigenvalue weighted by Gasteiger charge is -2.22. The van der Waals surface area contributed by atoms with Gasteiger partial charge in [0.1, 0.15) is 0 Å². The number of alkyl carbamates (subject to hydrolysis) is 1. The maximum atomic E-state index is 11.1. The normalized spacial score (nSPS) is 18.6. The maximum Gasteiger partial charge on any atom is 0.413 e. The highest BCUT2D eigenvalue weighted by atomic mass is 127. The third-order valence-corrected chi connectivity index (χ3v) is 3.37. The number of methoxy groups -OCH3 is 1. The highest BCUT2D eigenvalue weighted by Gasteiger charge is 2.17. The summed E-state index contributed by atoms with van der Waals surface area (Å²) in [4.78, 5) is 15.6. The smallest absolute Gasteiger partial charge is 0.413 e. The lowest BCUT2D eigenvalue weighted by Crippen LogP contribution is -2.44. The highest BCUT2D eigenvalue weighted by molar-refractivity contribution is 14.1. The van der Waals surface area contributed by atoms with E-state index in [0.717, 1.165) is 18.5 Å². The molecule has 6 heteroatoms. The number of rotatable bonds is 1. The summed E-state index contributed by atoms with van der Waals surface area (Å²) < 4.78 is 5.73. The summed E-state index contributed by atoms with van der Waals surface area (Å²) in [5, 5.41) is 5.59. The second kappa shape index (κ2) is 6.03. The Hall–Kier alpha value is -1.31. The fourth-order valence-electron chi connectivity index (χ4n) is 1.74. The van der Waals surface area contributed by atoms with Crippen molar-refractivity contribution in [1.82, 2.24) is 10.6 Å². The standard InChI is InChI=1S/C12H14IN3O2/c1-18-12(17)16-11-14-7-6-10(15-11)8-2-4-9(13)5-3-8/h2-5,10H,6-7H2,1H3,(H2,14,15,16,17). The Morgan fingerprint density at radius 1 is 1.50 bits per heavy atom. The number of amides is 1. The van der Waals surface area contributed by atoms with Crippen LogP contribution in [-0.2, 0) is 4.74 Å². The summed E-state index contributed by atoms with van der Waals surface area (Å²) >= 11 is 2.27. The molecule has 1 aliphatic heterocycles. The SMILES string of the molecule is COC(=O)NC1=NC(c2ccc(I)cc2)CCN1. The number of carbonyl (C=O) groups is 1. The van der Waals surface area contributed by atoms with E-state index in [4.69, 9.17) is 0 Å². The van der Waals surface area contributed by atoms with E-state index in [0.29, 0.717) is 5.96 Å². The fourth-order valence-corrected chi connectivity index (χ4v) is 2.10. The van der Waals surface area contributed by atoms with Crippen molar-refractivity contribution in [3.63, 3.8) is 0 Å². The molecule has 1 aromatic rings. The zero-order valence-electron chi connectivity index (χ0n) is 9.94. The van der Waals surface area contributed by atoms with Gasteiger partial charge in [0.25, 0.3) is 0 Å². The second-order valence-corrected chi connectivity index (χ2v) is 5.12. The molecule has 0 saturated heterocycles. The van der Waals surface area contributed by atoms with E-state index in [1.807, 2.05) is 0 Å². The first-order valence-corrected chi connectivity index (χ1v) is 6.69. The molecule has 0 fully saturated rings. The van der Waals surface area contributed by atoms with Crippen LogP contribution in [0.25, 0.3) is 0 Å². The van der Waals surface area contributed by atoms with Crippen molar-refractivity contribution in [1.29, 1.82) is 0 Å². The molecule has 0 bridgehead atoms. The largest absolute Gasteiger partial charge is 0.453 e. The van der Waals surface area contributed by atoms with E-state index in [1.165, 1.54) is 10.7 Å². The molecule has 1 atom stereocenters. The summed E-state index contributed by atoms with van der Waals surface area (Å²) in [5.74, 6) is 0.469. The van der Waals surface area contributed by atoms with Crippen molar-refractivity contribution in [2.24, 2.45) is 4.99 Å². The second-order valence-electron chi connectivity index (χ2n) is 3.88. The predicted octanol–water partition coefficient (Wildman–Crippen LogP) is 2.04. The Balaban J connectivity index is 2.11. The fraction of sp³-hybridized carbons (Fsp3) is 0.333. The van der Waals surface area contributed by atoms with Crippen molar-refractivity contribution >= 4 is 34.6 Å². The van der Waals surface area contributed by atoms with Crippen molar-refractivity contribution < 1.29 is 9.53 Å². The number of nitrogens with zero attached hydrogens (tertiary/aromatic N) is 1. The zero-order valence-corrected chi connectivity index (χ0v) is 12.1.